The lowest BCUT2D eigenvalue weighted by Crippen LogP contribution is -2.47. The van der Waals surface area contributed by atoms with Gasteiger partial charge in [0.15, 0.2) is 6.61 Å². The summed E-state index contributed by atoms with van der Waals surface area (Å²) >= 11 is 0. The van der Waals surface area contributed by atoms with Crippen LogP contribution in [-0.4, -0.2) is 62.0 Å². The Morgan fingerprint density at radius 3 is 2.35 bits per heavy atom. The van der Waals surface area contributed by atoms with E-state index in [1.165, 1.54) is 5.56 Å². The highest BCUT2D eigenvalue weighted by atomic mass is 19.4. The van der Waals surface area contributed by atoms with Gasteiger partial charge in [-0.15, -0.1) is 5.06 Å². The van der Waals surface area contributed by atoms with Gasteiger partial charge in [0.1, 0.15) is 11.5 Å². The average Bonchev–Trinajstić information content (AvgIpc) is 3.27. The second-order valence-corrected chi connectivity index (χ2v) is 8.63. The van der Waals surface area contributed by atoms with Gasteiger partial charge in [-0.1, -0.05) is 49.4 Å². The third-order valence-corrected chi connectivity index (χ3v) is 6.20. The standard InChI is InChI=1S/C26H32F3N3O2/c1-2-22-19-24(21-9-4-3-5-10-21)32(34-22)14-8-13-30-15-17-31(18-16-30)23-11-6-7-12-25(23)33-20-26(27,28)29/h3-7,9-12,19,24H,2,8,13-18,20H2,1H3. The highest BCUT2D eigenvalue weighted by Gasteiger charge is 2.30. The van der Waals surface area contributed by atoms with Gasteiger partial charge < -0.3 is 14.5 Å². The van der Waals surface area contributed by atoms with Crippen LogP contribution in [0.25, 0.3) is 0 Å². The molecule has 4 rings (SSSR count). The third-order valence-electron chi connectivity index (χ3n) is 6.20. The molecule has 1 atom stereocenters. The highest BCUT2D eigenvalue weighted by molar-refractivity contribution is 5.58. The first-order valence-electron chi connectivity index (χ1n) is 11.9. The minimum absolute atomic E-state index is 0.140. The number of benzene rings is 2. The van der Waals surface area contributed by atoms with Crippen molar-refractivity contribution < 1.29 is 22.7 Å². The zero-order valence-electron chi connectivity index (χ0n) is 19.5. The number of allylic oxidation sites excluding steroid dienone is 1. The molecule has 0 spiro atoms. The molecule has 2 aliphatic heterocycles. The Hall–Kier alpha value is -2.71. The van der Waals surface area contributed by atoms with Crippen molar-refractivity contribution in [2.75, 3.05) is 50.8 Å². The Morgan fingerprint density at radius 1 is 0.941 bits per heavy atom. The van der Waals surface area contributed by atoms with Crippen molar-refractivity contribution >= 4 is 5.69 Å². The lowest BCUT2D eigenvalue weighted by atomic mass is 10.1. The van der Waals surface area contributed by atoms with E-state index in [9.17, 15) is 13.2 Å². The molecule has 34 heavy (non-hydrogen) atoms. The molecule has 0 saturated carbocycles. The molecule has 1 fully saturated rings. The smallest absolute Gasteiger partial charge is 0.422 e. The summed E-state index contributed by atoms with van der Waals surface area (Å²) in [6.45, 7) is 5.81. The van der Waals surface area contributed by atoms with E-state index in [2.05, 4.69) is 52.1 Å². The van der Waals surface area contributed by atoms with E-state index in [0.717, 1.165) is 63.6 Å². The number of anilines is 1. The molecule has 0 aliphatic carbocycles. The van der Waals surface area contributed by atoms with Crippen LogP contribution in [-0.2, 0) is 4.84 Å². The molecule has 2 aliphatic rings. The lowest BCUT2D eigenvalue weighted by Gasteiger charge is -2.37. The number of piperazine rings is 1. The van der Waals surface area contributed by atoms with Gasteiger partial charge in [-0.3, -0.25) is 4.90 Å². The average molecular weight is 476 g/mol. The number of hydrogen-bond acceptors (Lipinski definition) is 5. The molecular weight excluding hydrogens is 443 g/mol. The molecule has 1 saturated heterocycles. The second-order valence-electron chi connectivity index (χ2n) is 8.63. The Morgan fingerprint density at radius 2 is 1.65 bits per heavy atom. The van der Waals surface area contributed by atoms with Crippen LogP contribution in [0, 0.1) is 0 Å². The summed E-state index contributed by atoms with van der Waals surface area (Å²) in [5.41, 5.74) is 1.95. The Bertz CT molecular complexity index is 944. The molecule has 0 N–H and O–H groups in total. The van der Waals surface area contributed by atoms with Gasteiger partial charge in [-0.05, 0) is 36.7 Å². The number of rotatable bonds is 9. The van der Waals surface area contributed by atoms with Crippen LogP contribution in [0.4, 0.5) is 18.9 Å². The maximum absolute atomic E-state index is 12.6. The molecule has 1 unspecified atom stereocenters. The van der Waals surface area contributed by atoms with E-state index in [4.69, 9.17) is 9.57 Å². The molecule has 184 valence electrons. The van der Waals surface area contributed by atoms with Crippen molar-refractivity contribution in [2.45, 2.75) is 32.0 Å². The van der Waals surface area contributed by atoms with Gasteiger partial charge in [-0.25, -0.2) is 0 Å². The van der Waals surface area contributed by atoms with E-state index in [1.807, 2.05) is 18.2 Å². The summed E-state index contributed by atoms with van der Waals surface area (Å²) in [5.74, 6) is 1.29. The van der Waals surface area contributed by atoms with Crippen LogP contribution in [0.15, 0.2) is 66.4 Å². The molecule has 0 amide bonds. The van der Waals surface area contributed by atoms with Crippen molar-refractivity contribution in [1.29, 1.82) is 0 Å². The molecule has 2 heterocycles. The zero-order chi connectivity index (χ0) is 24.0. The second kappa shape index (κ2) is 11.1. The lowest BCUT2D eigenvalue weighted by molar-refractivity contribution is -0.153. The predicted molar refractivity (Wildman–Crippen MR) is 127 cm³/mol. The third kappa shape index (κ3) is 6.45. The molecule has 5 nitrogen and oxygen atoms in total. The number of ether oxygens (including phenoxy) is 1. The summed E-state index contributed by atoms with van der Waals surface area (Å²) in [7, 11) is 0. The molecule has 0 bridgehead atoms. The van der Waals surface area contributed by atoms with Crippen molar-refractivity contribution in [2.24, 2.45) is 0 Å². The summed E-state index contributed by atoms with van der Waals surface area (Å²) < 4.78 is 42.9. The van der Waals surface area contributed by atoms with Gasteiger partial charge in [0.2, 0.25) is 0 Å². The van der Waals surface area contributed by atoms with Gasteiger partial charge >= 0.3 is 6.18 Å². The molecular formula is C26H32F3N3O2. The van der Waals surface area contributed by atoms with E-state index in [1.54, 1.807) is 12.1 Å². The number of alkyl halides is 3. The van der Waals surface area contributed by atoms with Gasteiger partial charge in [0.05, 0.1) is 11.7 Å². The summed E-state index contributed by atoms with van der Waals surface area (Å²) in [6, 6.07) is 17.5. The minimum Gasteiger partial charge on any atom is -0.482 e. The number of halogens is 3. The van der Waals surface area contributed by atoms with Gasteiger partial charge in [0.25, 0.3) is 0 Å². The van der Waals surface area contributed by atoms with Gasteiger partial charge in [0, 0.05) is 39.1 Å². The van der Waals surface area contributed by atoms with Crippen LogP contribution >= 0.6 is 0 Å². The van der Waals surface area contributed by atoms with E-state index in [0.29, 0.717) is 0 Å². The summed E-state index contributed by atoms with van der Waals surface area (Å²) in [5, 5.41) is 2.07. The Labute approximate surface area is 199 Å². The quantitative estimate of drug-likeness (QED) is 0.483. The topological polar surface area (TPSA) is 28.2 Å². The van der Waals surface area contributed by atoms with E-state index in [-0.39, 0.29) is 11.8 Å². The van der Waals surface area contributed by atoms with Gasteiger partial charge in [-0.2, -0.15) is 13.2 Å². The minimum atomic E-state index is -4.35. The van der Waals surface area contributed by atoms with Crippen LogP contribution < -0.4 is 9.64 Å². The van der Waals surface area contributed by atoms with E-state index < -0.39 is 12.8 Å². The number of nitrogens with zero attached hydrogens (tertiary/aromatic N) is 3. The fraction of sp³-hybridized carbons (Fsp3) is 0.462. The molecule has 8 heteroatoms. The number of hydroxylamine groups is 2. The number of para-hydroxylation sites is 2. The molecule has 0 radical (unpaired) electrons. The first kappa shape index (κ1) is 24.4. The Balaban J connectivity index is 1.25. The van der Waals surface area contributed by atoms with Crippen LogP contribution in [0.1, 0.15) is 31.4 Å². The van der Waals surface area contributed by atoms with Crippen molar-refractivity contribution in [3.63, 3.8) is 0 Å². The largest absolute Gasteiger partial charge is 0.482 e. The van der Waals surface area contributed by atoms with Crippen LogP contribution in [0.2, 0.25) is 0 Å². The monoisotopic (exact) mass is 475 g/mol. The zero-order valence-corrected chi connectivity index (χ0v) is 19.5. The fourth-order valence-electron chi connectivity index (χ4n) is 4.44. The molecule has 0 aromatic heterocycles. The first-order chi connectivity index (χ1) is 16.4. The number of hydrogen-bond donors (Lipinski definition) is 0. The summed E-state index contributed by atoms with van der Waals surface area (Å²) in [4.78, 5) is 10.6. The molecule has 2 aromatic rings. The van der Waals surface area contributed by atoms with Crippen molar-refractivity contribution in [1.82, 2.24) is 9.96 Å². The first-order valence-corrected chi connectivity index (χ1v) is 11.9. The van der Waals surface area contributed by atoms with Crippen molar-refractivity contribution in [3.05, 3.63) is 72.0 Å². The van der Waals surface area contributed by atoms with Crippen molar-refractivity contribution in [3.8, 4) is 5.75 Å². The predicted octanol–water partition coefficient (Wildman–Crippen LogP) is 5.42. The Kier molecular flexibility index (Phi) is 8.00. The van der Waals surface area contributed by atoms with Crippen LogP contribution in [0.3, 0.4) is 0 Å². The highest BCUT2D eigenvalue weighted by Crippen LogP contribution is 2.33. The fourth-order valence-corrected chi connectivity index (χ4v) is 4.44. The van der Waals surface area contributed by atoms with Crippen LogP contribution in [0.5, 0.6) is 5.75 Å². The SMILES string of the molecule is CCC1=CC(c2ccccc2)N(CCCN2CCN(c3ccccc3OCC(F)(F)F)CC2)O1. The molecule has 2 aromatic carbocycles. The maximum Gasteiger partial charge on any atom is 0.422 e. The summed E-state index contributed by atoms with van der Waals surface area (Å²) in [6.07, 6.45) is -0.306. The van der Waals surface area contributed by atoms with E-state index >= 15 is 0 Å². The normalized spacial score (nSPS) is 19.7. The maximum atomic E-state index is 12.6.